The van der Waals surface area contributed by atoms with Gasteiger partial charge in [0.2, 0.25) is 0 Å². The first-order chi connectivity index (χ1) is 11.6. The summed E-state index contributed by atoms with van der Waals surface area (Å²) in [5, 5.41) is 0. The number of rotatable bonds is 4. The minimum atomic E-state index is 0.125. The van der Waals surface area contributed by atoms with Crippen LogP contribution in [0.1, 0.15) is 27.0 Å². The molecule has 2 heterocycles. The lowest BCUT2D eigenvalue weighted by Gasteiger charge is -2.27. The van der Waals surface area contributed by atoms with Crippen molar-refractivity contribution in [1.82, 2.24) is 9.88 Å². The molecule has 0 spiro atoms. The van der Waals surface area contributed by atoms with Gasteiger partial charge in [0.15, 0.2) is 0 Å². The molecule has 24 heavy (non-hydrogen) atoms. The van der Waals surface area contributed by atoms with Crippen LogP contribution in [0.25, 0.3) is 0 Å². The highest BCUT2D eigenvalue weighted by atomic mass is 32.2. The lowest BCUT2D eigenvalue weighted by Crippen LogP contribution is -2.37. The van der Waals surface area contributed by atoms with Crippen LogP contribution >= 0.6 is 11.8 Å². The van der Waals surface area contributed by atoms with Crippen molar-refractivity contribution in [1.29, 1.82) is 0 Å². The molecule has 1 fully saturated rings. The molecular formula is C19H22N2O2S. The van der Waals surface area contributed by atoms with E-state index < -0.39 is 0 Å². The lowest BCUT2D eigenvalue weighted by molar-refractivity contribution is 0.0772. The van der Waals surface area contributed by atoms with Gasteiger partial charge in [-0.2, -0.15) is 11.8 Å². The monoisotopic (exact) mass is 342 g/mol. The fourth-order valence-electron chi connectivity index (χ4n) is 2.89. The van der Waals surface area contributed by atoms with E-state index in [9.17, 15) is 4.79 Å². The second kappa shape index (κ2) is 7.71. The Labute approximate surface area is 147 Å². The first-order valence-corrected chi connectivity index (χ1v) is 9.30. The van der Waals surface area contributed by atoms with Crippen molar-refractivity contribution in [3.63, 3.8) is 0 Å². The van der Waals surface area contributed by atoms with E-state index in [4.69, 9.17) is 4.74 Å². The molecule has 3 rings (SSSR count). The molecule has 2 aromatic rings. The highest BCUT2D eigenvalue weighted by Crippen LogP contribution is 2.27. The molecule has 1 aliphatic rings. The average Bonchev–Trinajstić information content (AvgIpc) is 2.62. The van der Waals surface area contributed by atoms with Crippen molar-refractivity contribution < 1.29 is 9.53 Å². The molecular weight excluding hydrogens is 320 g/mol. The van der Waals surface area contributed by atoms with Gasteiger partial charge < -0.3 is 9.64 Å². The summed E-state index contributed by atoms with van der Waals surface area (Å²) in [7, 11) is 0. The third-order valence-electron chi connectivity index (χ3n) is 4.11. The van der Waals surface area contributed by atoms with Gasteiger partial charge in [-0.15, -0.1) is 0 Å². The first kappa shape index (κ1) is 16.8. The highest BCUT2D eigenvalue weighted by molar-refractivity contribution is 7.99. The number of nitrogens with zero attached hydrogens (tertiary/aromatic N) is 2. The number of carbonyl (C=O) groups excluding carboxylic acids is 1. The number of aromatic nitrogens is 1. The predicted octanol–water partition coefficient (Wildman–Crippen LogP) is 3.47. The molecule has 0 unspecified atom stereocenters. The molecule has 0 bridgehead atoms. The zero-order valence-corrected chi connectivity index (χ0v) is 14.9. The molecule has 0 aliphatic carbocycles. The van der Waals surface area contributed by atoms with Crippen molar-refractivity contribution in [3.8, 4) is 5.75 Å². The Bertz CT molecular complexity index is 690. The van der Waals surface area contributed by atoms with Gasteiger partial charge in [-0.05, 0) is 43.2 Å². The number of pyridine rings is 1. The van der Waals surface area contributed by atoms with Crippen LogP contribution in [-0.2, 0) is 6.61 Å². The largest absolute Gasteiger partial charge is 0.488 e. The van der Waals surface area contributed by atoms with Gasteiger partial charge >= 0.3 is 0 Å². The topological polar surface area (TPSA) is 42.4 Å². The average molecular weight is 342 g/mol. The van der Waals surface area contributed by atoms with E-state index >= 15 is 0 Å². The van der Waals surface area contributed by atoms with Crippen molar-refractivity contribution in [2.75, 3.05) is 24.6 Å². The van der Waals surface area contributed by atoms with Crippen LogP contribution in [-0.4, -0.2) is 40.4 Å². The fourth-order valence-corrected chi connectivity index (χ4v) is 3.79. The summed E-state index contributed by atoms with van der Waals surface area (Å²) in [6.07, 6.45) is 3.55. The maximum atomic E-state index is 12.7. The van der Waals surface area contributed by atoms with Gasteiger partial charge in [0, 0.05) is 48.1 Å². The Hall–Kier alpha value is -2.01. The molecule has 0 atom stereocenters. The molecule has 0 N–H and O–H groups in total. The van der Waals surface area contributed by atoms with E-state index in [1.54, 1.807) is 12.4 Å². The molecule has 1 saturated heterocycles. The summed E-state index contributed by atoms with van der Waals surface area (Å²) in [4.78, 5) is 18.7. The van der Waals surface area contributed by atoms with Gasteiger partial charge in [0.05, 0.1) is 0 Å². The second-order valence-electron chi connectivity index (χ2n) is 5.99. The van der Waals surface area contributed by atoms with E-state index in [1.807, 2.05) is 54.8 Å². The van der Waals surface area contributed by atoms with E-state index in [1.165, 1.54) is 0 Å². The second-order valence-corrected chi connectivity index (χ2v) is 7.22. The van der Waals surface area contributed by atoms with Crippen molar-refractivity contribution in [3.05, 3.63) is 58.9 Å². The quantitative estimate of drug-likeness (QED) is 0.853. The Morgan fingerprint density at radius 2 is 1.96 bits per heavy atom. The molecule has 4 nitrogen and oxygen atoms in total. The summed E-state index contributed by atoms with van der Waals surface area (Å²) in [6, 6.07) is 7.77. The van der Waals surface area contributed by atoms with Gasteiger partial charge in [0.25, 0.3) is 5.91 Å². The minimum absolute atomic E-state index is 0.125. The fraction of sp³-hybridized carbons (Fsp3) is 0.368. The van der Waals surface area contributed by atoms with Crippen molar-refractivity contribution in [2.24, 2.45) is 0 Å². The number of thioether (sulfide) groups is 1. The highest BCUT2D eigenvalue weighted by Gasteiger charge is 2.20. The van der Waals surface area contributed by atoms with Gasteiger partial charge in [-0.3, -0.25) is 9.78 Å². The Kier molecular flexibility index (Phi) is 5.41. The molecule has 1 amide bonds. The van der Waals surface area contributed by atoms with Crippen LogP contribution in [0, 0.1) is 13.8 Å². The van der Waals surface area contributed by atoms with Crippen molar-refractivity contribution in [2.45, 2.75) is 20.5 Å². The molecule has 126 valence electrons. The maximum absolute atomic E-state index is 12.7. The number of carbonyl (C=O) groups is 1. The van der Waals surface area contributed by atoms with E-state index in [0.29, 0.717) is 6.61 Å². The third kappa shape index (κ3) is 3.90. The Morgan fingerprint density at radius 1 is 1.25 bits per heavy atom. The van der Waals surface area contributed by atoms with Crippen molar-refractivity contribution >= 4 is 17.7 Å². The molecule has 0 radical (unpaired) electrons. The van der Waals surface area contributed by atoms with Crippen LogP contribution in [0.3, 0.4) is 0 Å². The minimum Gasteiger partial charge on any atom is -0.488 e. The normalized spacial score (nSPS) is 14.5. The zero-order chi connectivity index (χ0) is 16.9. The molecule has 1 aromatic carbocycles. The number of benzene rings is 1. The summed E-state index contributed by atoms with van der Waals surface area (Å²) in [6.45, 7) is 6.14. The maximum Gasteiger partial charge on any atom is 0.253 e. The number of hydrogen-bond acceptors (Lipinski definition) is 4. The van der Waals surface area contributed by atoms with E-state index in [-0.39, 0.29) is 5.91 Å². The van der Waals surface area contributed by atoms with Crippen LogP contribution in [0.2, 0.25) is 0 Å². The third-order valence-corrected chi connectivity index (χ3v) is 5.05. The number of hydrogen-bond donors (Lipinski definition) is 0. The van der Waals surface area contributed by atoms with Crippen LogP contribution in [0.15, 0.2) is 36.7 Å². The van der Waals surface area contributed by atoms with Gasteiger partial charge in [0.1, 0.15) is 12.4 Å². The molecule has 0 saturated carbocycles. The zero-order valence-electron chi connectivity index (χ0n) is 14.1. The summed E-state index contributed by atoms with van der Waals surface area (Å²) < 4.78 is 5.97. The molecule has 5 heteroatoms. The van der Waals surface area contributed by atoms with Gasteiger partial charge in [-0.25, -0.2) is 0 Å². The predicted molar refractivity (Wildman–Crippen MR) is 97.7 cm³/mol. The lowest BCUT2D eigenvalue weighted by atomic mass is 10.0. The smallest absolute Gasteiger partial charge is 0.253 e. The van der Waals surface area contributed by atoms with Crippen LogP contribution in [0.5, 0.6) is 5.75 Å². The molecule has 1 aromatic heterocycles. The standard InChI is InChI=1S/C19H22N2O2S/c1-14-10-17(19(22)21-6-8-24-9-7-21)11-15(2)18(14)23-13-16-4-3-5-20-12-16/h3-5,10-12H,6-9,13H2,1-2H3. The Morgan fingerprint density at radius 3 is 2.58 bits per heavy atom. The summed E-state index contributed by atoms with van der Waals surface area (Å²) in [5.74, 6) is 3.02. The molecule has 1 aliphatic heterocycles. The number of ether oxygens (including phenoxy) is 1. The van der Waals surface area contributed by atoms with Crippen LogP contribution in [0.4, 0.5) is 0 Å². The first-order valence-electron chi connectivity index (χ1n) is 8.15. The SMILES string of the molecule is Cc1cc(C(=O)N2CCSCC2)cc(C)c1OCc1cccnc1. The number of amides is 1. The van der Waals surface area contributed by atoms with E-state index in [2.05, 4.69) is 4.98 Å². The number of aryl methyl sites for hydroxylation is 2. The van der Waals surface area contributed by atoms with E-state index in [0.717, 1.165) is 52.6 Å². The Balaban J connectivity index is 1.74. The van der Waals surface area contributed by atoms with Gasteiger partial charge in [-0.1, -0.05) is 6.07 Å². The summed E-state index contributed by atoms with van der Waals surface area (Å²) >= 11 is 1.91. The van der Waals surface area contributed by atoms with Crippen LogP contribution < -0.4 is 4.74 Å². The summed E-state index contributed by atoms with van der Waals surface area (Å²) in [5.41, 5.74) is 3.77.